The highest BCUT2D eigenvalue weighted by atomic mass is 19.2. The minimum atomic E-state index is -0.881. The first-order chi connectivity index (χ1) is 19.8. The van der Waals surface area contributed by atoms with Gasteiger partial charge in [-0.2, -0.15) is 0 Å². The van der Waals surface area contributed by atoms with Gasteiger partial charge in [0.05, 0.1) is 11.2 Å². The second-order valence-corrected chi connectivity index (χ2v) is 11.0. The average molecular weight is 563 g/mol. The van der Waals surface area contributed by atoms with Gasteiger partial charge in [-0.1, -0.05) is 18.2 Å². The lowest BCUT2D eigenvalue weighted by Gasteiger charge is -2.33. The summed E-state index contributed by atoms with van der Waals surface area (Å²) in [6.07, 6.45) is 4.29. The monoisotopic (exact) mass is 562 g/mol. The third-order valence-corrected chi connectivity index (χ3v) is 8.37. The number of hydrogen-bond donors (Lipinski definition) is 1. The van der Waals surface area contributed by atoms with Crippen LogP contribution in [0.3, 0.4) is 0 Å². The van der Waals surface area contributed by atoms with Crippen LogP contribution in [0.4, 0.5) is 13.6 Å². The molecule has 9 nitrogen and oxygen atoms in total. The van der Waals surface area contributed by atoms with Crippen molar-refractivity contribution in [2.45, 2.75) is 49.8 Å². The summed E-state index contributed by atoms with van der Waals surface area (Å²) in [4.78, 5) is 41.3. The van der Waals surface area contributed by atoms with Gasteiger partial charge in [-0.05, 0) is 75.2 Å². The predicted octanol–water partition coefficient (Wildman–Crippen LogP) is 5.09. The standard InChI is InChI=1S/C30H32F2N6O3/c1-36(2)27-20(19-6-3-8-22(31)25(19)32)10-11-24(26-21(27)7-4-14-33-26)41-30(40)37-16-12-18(13-17-37)38-23-9-5-15-34-28(23)35-29(38)39/h3-9,14-15,18,20,24,27H,10-13,16-17H2,1-2H3,(H,34,35,39). The Morgan fingerprint density at radius 1 is 0.976 bits per heavy atom. The summed E-state index contributed by atoms with van der Waals surface area (Å²) < 4.78 is 37.0. The summed E-state index contributed by atoms with van der Waals surface area (Å²) in [7, 11) is 3.80. The highest BCUT2D eigenvalue weighted by Crippen LogP contribution is 2.46. The Morgan fingerprint density at radius 2 is 1.71 bits per heavy atom. The van der Waals surface area contributed by atoms with Crippen LogP contribution in [0.5, 0.6) is 0 Å². The number of nitrogens with zero attached hydrogens (tertiary/aromatic N) is 5. The zero-order chi connectivity index (χ0) is 28.7. The Kier molecular flexibility index (Phi) is 7.29. The number of likely N-dealkylation sites (N-methyl/N-ethyl adjacent to an activating group) is 1. The van der Waals surface area contributed by atoms with Crippen molar-refractivity contribution in [1.29, 1.82) is 0 Å². The third-order valence-electron chi connectivity index (χ3n) is 8.37. The normalized spacial score (nSPS) is 21.6. The Hall–Kier alpha value is -4.12. The molecule has 11 heteroatoms. The number of carbonyl (C=O) groups is 1. The Balaban J connectivity index is 1.21. The van der Waals surface area contributed by atoms with Crippen molar-refractivity contribution in [2.24, 2.45) is 0 Å². The van der Waals surface area contributed by atoms with E-state index in [0.29, 0.717) is 55.7 Å². The van der Waals surface area contributed by atoms with E-state index >= 15 is 0 Å². The first kappa shape index (κ1) is 27.1. The van der Waals surface area contributed by atoms with Crippen molar-refractivity contribution >= 4 is 17.3 Å². The van der Waals surface area contributed by atoms with Crippen LogP contribution in [0.15, 0.2) is 59.7 Å². The molecule has 0 bridgehead atoms. The maximum Gasteiger partial charge on any atom is 0.410 e. The molecule has 4 aromatic rings. The predicted molar refractivity (Wildman–Crippen MR) is 148 cm³/mol. The lowest BCUT2D eigenvalue weighted by atomic mass is 9.84. The Bertz CT molecular complexity index is 1630. The zero-order valence-electron chi connectivity index (χ0n) is 23.0. The molecule has 0 saturated carbocycles. The molecule has 2 aliphatic rings. The minimum absolute atomic E-state index is 0.0625. The zero-order valence-corrected chi connectivity index (χ0v) is 23.0. The molecule has 1 amide bonds. The number of aromatic amines is 1. The summed E-state index contributed by atoms with van der Waals surface area (Å²) in [5.41, 5.74) is 2.85. The van der Waals surface area contributed by atoms with E-state index < -0.39 is 23.8 Å². The van der Waals surface area contributed by atoms with E-state index in [0.717, 1.165) is 17.1 Å². The second kappa shape index (κ2) is 11.0. The number of pyridine rings is 2. The van der Waals surface area contributed by atoms with E-state index in [9.17, 15) is 18.4 Å². The molecule has 41 heavy (non-hydrogen) atoms. The van der Waals surface area contributed by atoms with Crippen LogP contribution >= 0.6 is 0 Å². The number of hydrogen-bond acceptors (Lipinski definition) is 6. The number of piperidine rings is 1. The van der Waals surface area contributed by atoms with E-state index in [2.05, 4.69) is 15.0 Å². The molecular formula is C30H32F2N6O3. The largest absolute Gasteiger partial charge is 0.440 e. The third kappa shape index (κ3) is 4.99. The Labute approximate surface area is 235 Å². The van der Waals surface area contributed by atoms with Crippen molar-refractivity contribution in [3.63, 3.8) is 0 Å². The van der Waals surface area contributed by atoms with Crippen LogP contribution < -0.4 is 5.69 Å². The number of amides is 1. The number of H-pyrrole nitrogens is 1. The van der Waals surface area contributed by atoms with E-state index in [1.807, 2.05) is 37.2 Å². The molecule has 3 atom stereocenters. The quantitative estimate of drug-likeness (QED) is 0.348. The molecule has 0 radical (unpaired) electrons. The van der Waals surface area contributed by atoms with Gasteiger partial charge in [-0.15, -0.1) is 0 Å². The number of benzene rings is 1. The molecule has 6 rings (SSSR count). The number of aromatic nitrogens is 4. The molecule has 4 heterocycles. The lowest BCUT2D eigenvalue weighted by Crippen LogP contribution is -2.41. The first-order valence-corrected chi connectivity index (χ1v) is 13.9. The summed E-state index contributed by atoms with van der Waals surface area (Å²) in [6.45, 7) is 0.865. The van der Waals surface area contributed by atoms with Gasteiger partial charge in [-0.3, -0.25) is 14.5 Å². The number of ether oxygens (including phenoxy) is 1. The topological polar surface area (TPSA) is 96.4 Å². The van der Waals surface area contributed by atoms with E-state index in [1.165, 1.54) is 6.07 Å². The molecule has 3 aromatic heterocycles. The van der Waals surface area contributed by atoms with Gasteiger partial charge in [0.1, 0.15) is 6.10 Å². The maximum atomic E-state index is 15.0. The molecule has 1 aromatic carbocycles. The van der Waals surface area contributed by atoms with Gasteiger partial charge in [-0.25, -0.2) is 23.4 Å². The molecule has 1 aliphatic heterocycles. The van der Waals surface area contributed by atoms with E-state index in [1.54, 1.807) is 34.0 Å². The van der Waals surface area contributed by atoms with Crippen LogP contribution in [0, 0.1) is 11.6 Å². The highest BCUT2D eigenvalue weighted by Gasteiger charge is 2.38. The van der Waals surface area contributed by atoms with Gasteiger partial charge in [0.25, 0.3) is 0 Å². The van der Waals surface area contributed by atoms with Crippen molar-refractivity contribution in [2.75, 3.05) is 27.2 Å². The average Bonchev–Trinajstić information content (AvgIpc) is 3.22. The fourth-order valence-electron chi connectivity index (χ4n) is 6.50. The van der Waals surface area contributed by atoms with Crippen molar-refractivity contribution < 1.29 is 18.3 Å². The molecule has 1 N–H and O–H groups in total. The number of rotatable bonds is 4. The van der Waals surface area contributed by atoms with Gasteiger partial charge >= 0.3 is 11.8 Å². The highest BCUT2D eigenvalue weighted by molar-refractivity contribution is 5.70. The van der Waals surface area contributed by atoms with Crippen LogP contribution in [0.25, 0.3) is 11.2 Å². The van der Waals surface area contributed by atoms with Gasteiger partial charge in [0, 0.05) is 43.5 Å². The van der Waals surface area contributed by atoms with Crippen LogP contribution in [-0.2, 0) is 4.74 Å². The maximum absolute atomic E-state index is 15.0. The SMILES string of the molecule is CN(C)C1c2cccnc2C(OC(=O)N2CCC(n3c(=O)[nH]c4ncccc43)CC2)CCC1c1cccc(F)c1F. The molecule has 0 spiro atoms. The molecule has 214 valence electrons. The fourth-order valence-corrected chi connectivity index (χ4v) is 6.50. The first-order valence-electron chi connectivity index (χ1n) is 13.9. The molecule has 3 unspecified atom stereocenters. The molecular weight excluding hydrogens is 530 g/mol. The van der Waals surface area contributed by atoms with Gasteiger partial charge in [0.2, 0.25) is 0 Å². The Morgan fingerprint density at radius 3 is 2.49 bits per heavy atom. The number of likely N-dealkylation sites (tertiary alicyclic amines) is 1. The number of imidazole rings is 1. The van der Waals surface area contributed by atoms with Gasteiger partial charge < -0.3 is 14.5 Å². The number of fused-ring (bicyclic) bond motifs is 2. The van der Waals surface area contributed by atoms with Gasteiger partial charge in [0.15, 0.2) is 17.3 Å². The van der Waals surface area contributed by atoms with Crippen LogP contribution in [0.2, 0.25) is 0 Å². The number of carbonyl (C=O) groups excluding carboxylic acids is 1. The smallest absolute Gasteiger partial charge is 0.410 e. The second-order valence-electron chi connectivity index (χ2n) is 11.0. The van der Waals surface area contributed by atoms with Crippen molar-refractivity contribution in [1.82, 2.24) is 29.3 Å². The molecule has 1 saturated heterocycles. The summed E-state index contributed by atoms with van der Waals surface area (Å²) in [5.74, 6) is -2.10. The van der Waals surface area contributed by atoms with Crippen molar-refractivity contribution in [3.05, 3.63) is 93.8 Å². The summed E-state index contributed by atoms with van der Waals surface area (Å²) >= 11 is 0. The van der Waals surface area contributed by atoms with E-state index in [4.69, 9.17) is 4.74 Å². The molecule has 1 aliphatic carbocycles. The fraction of sp³-hybridized carbons (Fsp3) is 0.400. The minimum Gasteiger partial charge on any atom is -0.440 e. The number of nitrogens with one attached hydrogen (secondary N) is 1. The summed E-state index contributed by atoms with van der Waals surface area (Å²) in [6, 6.07) is 11.3. The number of halogens is 2. The van der Waals surface area contributed by atoms with Crippen molar-refractivity contribution in [3.8, 4) is 0 Å². The summed E-state index contributed by atoms with van der Waals surface area (Å²) in [5, 5.41) is 0. The van der Waals surface area contributed by atoms with E-state index in [-0.39, 0.29) is 23.7 Å². The van der Waals surface area contributed by atoms with Crippen LogP contribution in [-0.4, -0.2) is 62.6 Å². The molecule has 1 fully saturated rings. The van der Waals surface area contributed by atoms with Crippen LogP contribution in [0.1, 0.15) is 66.6 Å². The lowest BCUT2D eigenvalue weighted by molar-refractivity contribution is 0.0472.